The van der Waals surface area contributed by atoms with Crippen molar-refractivity contribution in [2.45, 2.75) is 19.9 Å². The van der Waals surface area contributed by atoms with Crippen LogP contribution in [0.4, 0.5) is 0 Å². The zero-order valence-corrected chi connectivity index (χ0v) is 15.1. The third-order valence-corrected chi connectivity index (χ3v) is 4.32. The summed E-state index contributed by atoms with van der Waals surface area (Å²) >= 11 is 6.33. The van der Waals surface area contributed by atoms with Gasteiger partial charge in [0.2, 0.25) is 5.91 Å². The van der Waals surface area contributed by atoms with Crippen LogP contribution in [0.2, 0.25) is 5.02 Å². The lowest BCUT2D eigenvalue weighted by Gasteiger charge is -2.18. The topological polar surface area (TPSA) is 50.8 Å². The molecule has 132 valence electrons. The number of benzene rings is 1. The lowest BCUT2D eigenvalue weighted by molar-refractivity contribution is -0.124. The Labute approximate surface area is 148 Å². The van der Waals surface area contributed by atoms with Gasteiger partial charge < -0.3 is 14.8 Å². The molecule has 1 aliphatic heterocycles. The monoisotopic (exact) mass is 352 g/mol. The first-order chi connectivity index (χ1) is 11.6. The Morgan fingerprint density at radius 3 is 3.00 bits per heavy atom. The molecule has 1 N–H and O–H groups in total. The number of carbonyl (C=O) groups is 1. The summed E-state index contributed by atoms with van der Waals surface area (Å²) in [5, 5.41) is 3.41. The molecule has 1 amide bonds. The van der Waals surface area contributed by atoms with Crippen LogP contribution in [0.15, 0.2) is 24.8 Å². The molecule has 1 heterocycles. The van der Waals surface area contributed by atoms with Crippen LogP contribution in [-0.2, 0) is 11.3 Å². The van der Waals surface area contributed by atoms with E-state index in [9.17, 15) is 4.79 Å². The van der Waals surface area contributed by atoms with Gasteiger partial charge in [0, 0.05) is 19.6 Å². The molecular weight excluding hydrogens is 328 g/mol. The highest BCUT2D eigenvalue weighted by Gasteiger charge is 2.28. The van der Waals surface area contributed by atoms with E-state index in [1.807, 2.05) is 19.1 Å². The molecule has 0 spiro atoms. The Bertz CT molecular complexity index is 592. The number of ether oxygens (including phenoxy) is 2. The van der Waals surface area contributed by atoms with E-state index in [1.54, 1.807) is 13.2 Å². The normalized spacial score (nSPS) is 17.5. The average Bonchev–Trinajstić information content (AvgIpc) is 3.02. The summed E-state index contributed by atoms with van der Waals surface area (Å²) in [6.07, 6.45) is 2.55. The Hall–Kier alpha value is -1.72. The van der Waals surface area contributed by atoms with Crippen molar-refractivity contribution in [2.24, 2.45) is 5.92 Å². The van der Waals surface area contributed by atoms with Crippen LogP contribution >= 0.6 is 11.6 Å². The molecule has 1 unspecified atom stereocenters. The Morgan fingerprint density at radius 1 is 1.54 bits per heavy atom. The molecule has 1 aromatic carbocycles. The molecule has 5 nitrogen and oxygen atoms in total. The molecule has 1 saturated heterocycles. The summed E-state index contributed by atoms with van der Waals surface area (Å²) in [5.74, 6) is 1.35. The van der Waals surface area contributed by atoms with E-state index in [0.717, 1.165) is 31.6 Å². The first-order valence-electron chi connectivity index (χ1n) is 8.19. The Morgan fingerprint density at radius 2 is 2.33 bits per heavy atom. The fourth-order valence-corrected chi connectivity index (χ4v) is 3.20. The van der Waals surface area contributed by atoms with Crippen molar-refractivity contribution < 1.29 is 14.3 Å². The standard InChI is InChI=1S/C18H25ClN2O3/c1-4-8-24-17-15(19)9-13(10-16(17)23-3)11-21-7-6-14(12-21)18(22)20-5-2/h4,9-10,14H,1,5-8,11-12H2,2-3H3,(H,20,22). The van der Waals surface area contributed by atoms with Gasteiger partial charge in [-0.3, -0.25) is 9.69 Å². The predicted molar refractivity (Wildman–Crippen MR) is 95.8 cm³/mol. The fraction of sp³-hybridized carbons (Fsp3) is 0.500. The highest BCUT2D eigenvalue weighted by atomic mass is 35.5. The number of hydrogen-bond donors (Lipinski definition) is 1. The number of hydrogen-bond acceptors (Lipinski definition) is 4. The second kappa shape index (κ2) is 8.94. The number of rotatable bonds is 8. The second-order valence-electron chi connectivity index (χ2n) is 5.82. The first kappa shape index (κ1) is 18.6. The van der Waals surface area contributed by atoms with Crippen molar-refractivity contribution in [3.8, 4) is 11.5 Å². The minimum atomic E-state index is 0.0671. The minimum absolute atomic E-state index is 0.0671. The molecule has 1 aromatic rings. The second-order valence-corrected chi connectivity index (χ2v) is 6.23. The number of nitrogens with one attached hydrogen (secondary N) is 1. The van der Waals surface area contributed by atoms with Gasteiger partial charge in [0.15, 0.2) is 11.5 Å². The third-order valence-electron chi connectivity index (χ3n) is 4.04. The maximum absolute atomic E-state index is 11.9. The van der Waals surface area contributed by atoms with E-state index in [-0.39, 0.29) is 11.8 Å². The van der Waals surface area contributed by atoms with Gasteiger partial charge in [0.05, 0.1) is 18.1 Å². The molecule has 1 aliphatic rings. The third kappa shape index (κ3) is 4.65. The minimum Gasteiger partial charge on any atom is -0.493 e. The maximum atomic E-state index is 11.9. The number of amides is 1. The van der Waals surface area contributed by atoms with Gasteiger partial charge in [-0.2, -0.15) is 0 Å². The average molecular weight is 353 g/mol. The number of likely N-dealkylation sites (tertiary alicyclic amines) is 1. The molecule has 0 aromatic heterocycles. The quantitative estimate of drug-likeness (QED) is 0.731. The van der Waals surface area contributed by atoms with Crippen molar-refractivity contribution in [3.05, 3.63) is 35.4 Å². The van der Waals surface area contributed by atoms with E-state index in [0.29, 0.717) is 29.7 Å². The van der Waals surface area contributed by atoms with Crippen LogP contribution in [0.1, 0.15) is 18.9 Å². The molecule has 0 radical (unpaired) electrons. The molecular formula is C18H25ClN2O3. The Kier molecular flexibility index (Phi) is 6.94. The van der Waals surface area contributed by atoms with Gasteiger partial charge in [-0.1, -0.05) is 24.3 Å². The maximum Gasteiger partial charge on any atom is 0.224 e. The summed E-state index contributed by atoms with van der Waals surface area (Å²) in [6, 6.07) is 3.83. The van der Waals surface area contributed by atoms with E-state index in [2.05, 4.69) is 16.8 Å². The summed E-state index contributed by atoms with van der Waals surface area (Å²) in [6.45, 7) is 9.01. The molecule has 0 saturated carbocycles. The van der Waals surface area contributed by atoms with Crippen molar-refractivity contribution in [3.63, 3.8) is 0 Å². The molecule has 6 heteroatoms. The highest BCUT2D eigenvalue weighted by Crippen LogP contribution is 2.37. The molecule has 1 atom stereocenters. The van der Waals surface area contributed by atoms with Crippen LogP contribution < -0.4 is 14.8 Å². The van der Waals surface area contributed by atoms with Crippen LogP contribution in [0.5, 0.6) is 11.5 Å². The highest BCUT2D eigenvalue weighted by molar-refractivity contribution is 6.32. The summed E-state index contributed by atoms with van der Waals surface area (Å²) in [7, 11) is 1.59. The number of carbonyl (C=O) groups excluding carboxylic acids is 1. The van der Waals surface area contributed by atoms with Crippen LogP contribution in [0.25, 0.3) is 0 Å². The molecule has 24 heavy (non-hydrogen) atoms. The van der Waals surface area contributed by atoms with Crippen molar-refractivity contribution in [1.29, 1.82) is 0 Å². The number of nitrogens with zero attached hydrogens (tertiary/aromatic N) is 1. The summed E-state index contributed by atoms with van der Waals surface area (Å²) in [4.78, 5) is 14.2. The molecule has 1 fully saturated rings. The van der Waals surface area contributed by atoms with Gasteiger partial charge in [-0.15, -0.1) is 0 Å². The summed E-state index contributed by atoms with van der Waals surface area (Å²) < 4.78 is 11.0. The Balaban J connectivity index is 2.04. The smallest absolute Gasteiger partial charge is 0.224 e. The van der Waals surface area contributed by atoms with Crippen molar-refractivity contribution in [2.75, 3.05) is 33.4 Å². The number of methoxy groups -OCH3 is 1. The number of halogens is 1. The molecule has 2 rings (SSSR count). The van der Waals surface area contributed by atoms with Gasteiger partial charge in [0.1, 0.15) is 6.61 Å². The van der Waals surface area contributed by atoms with Crippen molar-refractivity contribution in [1.82, 2.24) is 10.2 Å². The first-order valence-corrected chi connectivity index (χ1v) is 8.57. The lowest BCUT2D eigenvalue weighted by Crippen LogP contribution is -2.32. The van der Waals surface area contributed by atoms with Gasteiger partial charge in [-0.25, -0.2) is 0 Å². The van der Waals surface area contributed by atoms with Crippen LogP contribution in [0, 0.1) is 5.92 Å². The summed E-state index contributed by atoms with van der Waals surface area (Å²) in [5.41, 5.74) is 1.04. The largest absolute Gasteiger partial charge is 0.493 e. The molecule has 0 aliphatic carbocycles. The predicted octanol–water partition coefficient (Wildman–Crippen LogP) is 2.87. The van der Waals surface area contributed by atoms with E-state index in [4.69, 9.17) is 21.1 Å². The van der Waals surface area contributed by atoms with Crippen LogP contribution in [-0.4, -0.2) is 44.2 Å². The van der Waals surface area contributed by atoms with E-state index < -0.39 is 0 Å². The SMILES string of the molecule is C=CCOc1c(Cl)cc(CN2CCC(C(=O)NCC)C2)cc1OC. The lowest BCUT2D eigenvalue weighted by atomic mass is 10.1. The van der Waals surface area contributed by atoms with Crippen LogP contribution in [0.3, 0.4) is 0 Å². The zero-order valence-electron chi connectivity index (χ0n) is 14.3. The van der Waals surface area contributed by atoms with E-state index >= 15 is 0 Å². The zero-order chi connectivity index (χ0) is 17.5. The van der Waals surface area contributed by atoms with Gasteiger partial charge in [-0.05, 0) is 37.6 Å². The molecule has 0 bridgehead atoms. The fourth-order valence-electron chi connectivity index (χ4n) is 2.91. The van der Waals surface area contributed by atoms with Crippen molar-refractivity contribution >= 4 is 17.5 Å². The van der Waals surface area contributed by atoms with Gasteiger partial charge in [0.25, 0.3) is 0 Å². The van der Waals surface area contributed by atoms with E-state index in [1.165, 1.54) is 0 Å². The van der Waals surface area contributed by atoms with Gasteiger partial charge >= 0.3 is 0 Å².